The molecule has 150 valence electrons. The molecule has 4 heteroatoms. The summed E-state index contributed by atoms with van der Waals surface area (Å²) < 4.78 is 6.23. The second-order valence-corrected chi connectivity index (χ2v) is 7.89. The van der Waals surface area contributed by atoms with Gasteiger partial charge < -0.3 is 15.2 Å². The average molecular weight is 397 g/mol. The minimum absolute atomic E-state index is 0.0974. The number of fused-ring (bicyclic) bond motifs is 3. The molecule has 3 aromatic rings. The molecule has 2 N–H and O–H groups in total. The number of anilines is 1. The van der Waals surface area contributed by atoms with Crippen LogP contribution in [0.4, 0.5) is 5.69 Å². The number of carboxylic acids is 1. The molecule has 2 aliphatic rings. The van der Waals surface area contributed by atoms with Crippen LogP contribution in [0.1, 0.15) is 45.4 Å². The van der Waals surface area contributed by atoms with Crippen molar-refractivity contribution in [1.29, 1.82) is 0 Å². The van der Waals surface area contributed by atoms with E-state index < -0.39 is 5.97 Å². The summed E-state index contributed by atoms with van der Waals surface area (Å²) in [5, 5.41) is 13.1. The van der Waals surface area contributed by atoms with Gasteiger partial charge in [-0.1, -0.05) is 60.7 Å². The molecule has 0 radical (unpaired) electrons. The van der Waals surface area contributed by atoms with Gasteiger partial charge in [-0.2, -0.15) is 0 Å². The maximum Gasteiger partial charge on any atom is 0.335 e. The molecule has 0 spiro atoms. The number of benzene rings is 3. The monoisotopic (exact) mass is 397 g/mol. The zero-order chi connectivity index (χ0) is 20.5. The average Bonchev–Trinajstić information content (AvgIpc) is 3.28. The molecule has 4 nitrogen and oxygen atoms in total. The number of aromatic carboxylic acids is 1. The lowest BCUT2D eigenvalue weighted by Crippen LogP contribution is -2.29. The Balaban J connectivity index is 1.47. The number of rotatable bonds is 5. The van der Waals surface area contributed by atoms with Crippen molar-refractivity contribution >= 4 is 11.7 Å². The van der Waals surface area contributed by atoms with Gasteiger partial charge >= 0.3 is 5.97 Å². The number of nitrogens with one attached hydrogen (secondary N) is 1. The van der Waals surface area contributed by atoms with E-state index in [1.165, 1.54) is 0 Å². The van der Waals surface area contributed by atoms with Crippen molar-refractivity contribution in [2.75, 3.05) is 5.32 Å². The van der Waals surface area contributed by atoms with Gasteiger partial charge in [-0.25, -0.2) is 4.79 Å². The van der Waals surface area contributed by atoms with Gasteiger partial charge in [0.25, 0.3) is 0 Å². The summed E-state index contributed by atoms with van der Waals surface area (Å²) in [4.78, 5) is 11.4. The van der Waals surface area contributed by atoms with Gasteiger partial charge in [0.2, 0.25) is 0 Å². The highest BCUT2D eigenvalue weighted by atomic mass is 16.5. The Kier molecular flexibility index (Phi) is 4.75. The van der Waals surface area contributed by atoms with E-state index in [0.717, 1.165) is 34.5 Å². The molecule has 5 rings (SSSR count). The Labute approximate surface area is 175 Å². The molecule has 0 fully saturated rings. The quantitative estimate of drug-likeness (QED) is 0.535. The smallest absolute Gasteiger partial charge is 0.335 e. The zero-order valence-electron chi connectivity index (χ0n) is 16.5. The van der Waals surface area contributed by atoms with Gasteiger partial charge in [-0.3, -0.25) is 0 Å². The second-order valence-electron chi connectivity index (χ2n) is 7.89. The molecule has 30 heavy (non-hydrogen) atoms. The summed E-state index contributed by atoms with van der Waals surface area (Å²) in [5.41, 5.74) is 4.67. The van der Waals surface area contributed by atoms with Crippen LogP contribution in [0.2, 0.25) is 0 Å². The summed E-state index contributed by atoms with van der Waals surface area (Å²) in [7, 11) is 0. The number of carboxylic acid groups (broad SMARTS) is 1. The molecular weight excluding hydrogens is 374 g/mol. The summed E-state index contributed by atoms with van der Waals surface area (Å²) in [6.45, 7) is 0.523. The van der Waals surface area contributed by atoms with Gasteiger partial charge in [0.05, 0.1) is 11.6 Å². The van der Waals surface area contributed by atoms with E-state index in [2.05, 4.69) is 35.7 Å². The highest BCUT2D eigenvalue weighted by molar-refractivity contribution is 5.89. The van der Waals surface area contributed by atoms with E-state index in [9.17, 15) is 9.90 Å². The Bertz CT molecular complexity index is 1110. The predicted molar refractivity (Wildman–Crippen MR) is 117 cm³/mol. The van der Waals surface area contributed by atoms with Crippen LogP contribution in [0.15, 0.2) is 84.9 Å². The van der Waals surface area contributed by atoms with Crippen molar-refractivity contribution in [3.05, 3.63) is 107 Å². The topological polar surface area (TPSA) is 58.6 Å². The fraction of sp³-hybridized carbons (Fsp3) is 0.192. The van der Waals surface area contributed by atoms with Crippen LogP contribution in [-0.4, -0.2) is 11.1 Å². The maximum atomic E-state index is 11.4. The third kappa shape index (κ3) is 3.35. The lowest BCUT2D eigenvalue weighted by atomic mass is 9.76. The van der Waals surface area contributed by atoms with Gasteiger partial charge in [-0.05, 0) is 47.7 Å². The Hall–Kier alpha value is -3.53. The SMILES string of the molecule is O=C(O)c1ccc2c(c1)[C@@H]1C=CC[C@@H]1[C@@H](c1ccccc1OCc1ccccc1)N2. The summed E-state index contributed by atoms with van der Waals surface area (Å²) in [6, 6.07) is 23.8. The number of ether oxygens (including phenoxy) is 1. The van der Waals surface area contributed by atoms with Crippen LogP contribution in [0, 0.1) is 5.92 Å². The lowest BCUT2D eigenvalue weighted by molar-refractivity contribution is 0.0696. The van der Waals surface area contributed by atoms with Crippen molar-refractivity contribution in [1.82, 2.24) is 0 Å². The summed E-state index contributed by atoms with van der Waals surface area (Å²) in [5.74, 6) is 0.518. The van der Waals surface area contributed by atoms with Gasteiger partial charge in [0, 0.05) is 17.2 Å². The van der Waals surface area contributed by atoms with Crippen LogP contribution >= 0.6 is 0 Å². The molecule has 0 bridgehead atoms. The first-order chi connectivity index (χ1) is 14.7. The molecule has 0 amide bonds. The molecule has 0 aromatic heterocycles. The maximum absolute atomic E-state index is 11.4. The first kappa shape index (κ1) is 18.5. The van der Waals surface area contributed by atoms with E-state index >= 15 is 0 Å². The highest BCUT2D eigenvalue weighted by Crippen LogP contribution is 2.51. The molecule has 0 unspecified atom stereocenters. The van der Waals surface area contributed by atoms with Crippen molar-refractivity contribution in [2.24, 2.45) is 5.92 Å². The molecule has 1 aliphatic carbocycles. The van der Waals surface area contributed by atoms with Crippen molar-refractivity contribution < 1.29 is 14.6 Å². The molecule has 0 saturated heterocycles. The van der Waals surface area contributed by atoms with E-state index in [1.54, 1.807) is 6.07 Å². The highest BCUT2D eigenvalue weighted by Gasteiger charge is 2.39. The molecule has 1 aliphatic heterocycles. The van der Waals surface area contributed by atoms with Gasteiger partial charge in [-0.15, -0.1) is 0 Å². The van der Waals surface area contributed by atoms with E-state index in [0.29, 0.717) is 18.1 Å². The van der Waals surface area contributed by atoms with Crippen LogP contribution < -0.4 is 10.1 Å². The number of para-hydroxylation sites is 1. The van der Waals surface area contributed by atoms with E-state index in [4.69, 9.17) is 4.74 Å². The van der Waals surface area contributed by atoms with Crippen LogP contribution in [0.25, 0.3) is 0 Å². The van der Waals surface area contributed by atoms with E-state index in [-0.39, 0.29) is 12.0 Å². The normalized spacial score (nSPS) is 21.4. The van der Waals surface area contributed by atoms with Crippen LogP contribution in [0.5, 0.6) is 5.75 Å². The first-order valence-corrected chi connectivity index (χ1v) is 10.3. The van der Waals surface area contributed by atoms with Crippen LogP contribution in [-0.2, 0) is 6.61 Å². The summed E-state index contributed by atoms with van der Waals surface area (Å²) in [6.07, 6.45) is 5.38. The molecule has 1 heterocycles. The predicted octanol–water partition coefficient (Wildman–Crippen LogP) is 5.79. The van der Waals surface area contributed by atoms with Gasteiger partial charge in [0.1, 0.15) is 12.4 Å². The fourth-order valence-corrected chi connectivity index (χ4v) is 4.64. The second kappa shape index (κ2) is 7.71. The standard InChI is InChI=1S/C26H23NO3/c28-26(29)18-13-14-23-22(15-18)19-10-6-11-20(19)25(27-23)21-9-4-5-12-24(21)30-16-17-7-2-1-3-8-17/h1-10,12-15,19-20,25,27H,11,16H2,(H,28,29)/t19-,20+,25+/m1/s1. The third-order valence-electron chi connectivity index (χ3n) is 6.10. The molecule has 3 aromatic carbocycles. The number of hydrogen-bond acceptors (Lipinski definition) is 3. The first-order valence-electron chi connectivity index (χ1n) is 10.3. The van der Waals surface area contributed by atoms with Crippen molar-refractivity contribution in [3.63, 3.8) is 0 Å². The van der Waals surface area contributed by atoms with E-state index in [1.807, 2.05) is 48.5 Å². The lowest BCUT2D eigenvalue weighted by Gasteiger charge is -2.38. The number of hydrogen-bond donors (Lipinski definition) is 2. The summed E-state index contributed by atoms with van der Waals surface area (Å²) >= 11 is 0. The van der Waals surface area contributed by atoms with Gasteiger partial charge in [0.15, 0.2) is 0 Å². The largest absolute Gasteiger partial charge is 0.489 e. The minimum Gasteiger partial charge on any atom is -0.489 e. The molecular formula is C26H23NO3. The van der Waals surface area contributed by atoms with Crippen molar-refractivity contribution in [3.8, 4) is 5.75 Å². The minimum atomic E-state index is -0.891. The number of carbonyl (C=O) groups is 1. The Morgan fingerprint density at radius 3 is 2.63 bits per heavy atom. The Morgan fingerprint density at radius 1 is 1.00 bits per heavy atom. The van der Waals surface area contributed by atoms with Crippen LogP contribution in [0.3, 0.4) is 0 Å². The number of allylic oxidation sites excluding steroid dienone is 2. The Morgan fingerprint density at radius 2 is 1.80 bits per heavy atom. The van der Waals surface area contributed by atoms with Crippen molar-refractivity contribution in [2.45, 2.75) is 25.0 Å². The fourth-order valence-electron chi connectivity index (χ4n) is 4.64. The molecule has 3 atom stereocenters. The zero-order valence-corrected chi connectivity index (χ0v) is 16.5. The molecule has 0 saturated carbocycles. The third-order valence-corrected chi connectivity index (χ3v) is 6.10.